The Labute approximate surface area is 138 Å². The maximum absolute atomic E-state index is 13.1. The van der Waals surface area contributed by atoms with Gasteiger partial charge in [-0.3, -0.25) is 0 Å². The smallest absolute Gasteiger partial charge is 0.123 e. The topological polar surface area (TPSA) is 0 Å². The third kappa shape index (κ3) is 4.88. The summed E-state index contributed by atoms with van der Waals surface area (Å²) in [4.78, 5) is 2.47. The Hall–Kier alpha value is -1.28. The molecule has 0 saturated carbocycles. The minimum atomic E-state index is -0.176. The first kappa shape index (κ1) is 17.1. The lowest BCUT2D eigenvalue weighted by atomic mass is 9.92. The normalized spacial score (nSPS) is 17.3. The van der Waals surface area contributed by atoms with Gasteiger partial charge in [-0.2, -0.15) is 0 Å². The zero-order valence-corrected chi connectivity index (χ0v) is 14.8. The van der Waals surface area contributed by atoms with Crippen LogP contribution in [0.15, 0.2) is 62.9 Å². The summed E-state index contributed by atoms with van der Waals surface area (Å²) < 4.78 is 13.1. The van der Waals surface area contributed by atoms with Crippen molar-refractivity contribution < 1.29 is 4.39 Å². The molecule has 0 spiro atoms. The molecule has 0 nitrogen and oxygen atoms in total. The maximum Gasteiger partial charge on any atom is 0.123 e. The van der Waals surface area contributed by atoms with Crippen LogP contribution in [0.3, 0.4) is 0 Å². The molecule has 1 aliphatic carbocycles. The molecule has 0 aromatic heterocycles. The lowest BCUT2D eigenvalue weighted by Gasteiger charge is -2.22. The van der Waals surface area contributed by atoms with Crippen LogP contribution in [0.5, 0.6) is 0 Å². The number of allylic oxidation sites excluding steroid dienone is 5. The standard InChI is InChI=1S/C20H25FS/c1-14(2)12-16-6-5-7-17(13-15(3)4)20(16)22-19-10-8-18(21)9-11-19/h8-14H,5-7H2,1-4H3/b16-12+. The lowest BCUT2D eigenvalue weighted by molar-refractivity contribution is 0.626. The molecule has 0 fully saturated rings. The molecule has 1 aromatic rings. The summed E-state index contributed by atoms with van der Waals surface area (Å²) in [6.45, 7) is 8.74. The van der Waals surface area contributed by atoms with Crippen LogP contribution in [-0.4, -0.2) is 0 Å². The Balaban J connectivity index is 2.41. The van der Waals surface area contributed by atoms with Crippen molar-refractivity contribution in [1.82, 2.24) is 0 Å². The van der Waals surface area contributed by atoms with Crippen LogP contribution in [0, 0.1) is 11.7 Å². The summed E-state index contributed by atoms with van der Waals surface area (Å²) in [6.07, 6.45) is 8.17. The number of benzene rings is 1. The molecular weight excluding hydrogens is 291 g/mol. The molecule has 118 valence electrons. The minimum Gasteiger partial charge on any atom is -0.207 e. The fourth-order valence-electron chi connectivity index (χ4n) is 2.70. The number of halogens is 1. The Bertz CT molecular complexity index is 599. The van der Waals surface area contributed by atoms with Gasteiger partial charge >= 0.3 is 0 Å². The molecule has 2 heteroatoms. The van der Waals surface area contributed by atoms with Gasteiger partial charge in [-0.1, -0.05) is 43.3 Å². The van der Waals surface area contributed by atoms with Crippen LogP contribution in [0.25, 0.3) is 0 Å². The molecular formula is C20H25FS. The van der Waals surface area contributed by atoms with Gasteiger partial charge < -0.3 is 0 Å². The Morgan fingerprint density at radius 1 is 1.14 bits per heavy atom. The van der Waals surface area contributed by atoms with Crippen LogP contribution >= 0.6 is 11.8 Å². The van der Waals surface area contributed by atoms with Crippen LogP contribution in [0.2, 0.25) is 0 Å². The highest BCUT2D eigenvalue weighted by Gasteiger charge is 2.18. The first-order valence-corrected chi connectivity index (χ1v) is 8.80. The van der Waals surface area contributed by atoms with E-state index in [1.807, 2.05) is 12.1 Å². The van der Waals surface area contributed by atoms with Crippen molar-refractivity contribution in [3.8, 4) is 0 Å². The number of hydrogen-bond donors (Lipinski definition) is 0. The Morgan fingerprint density at radius 3 is 2.41 bits per heavy atom. The lowest BCUT2D eigenvalue weighted by Crippen LogP contribution is -2.02. The molecule has 1 aliphatic rings. The van der Waals surface area contributed by atoms with Crippen molar-refractivity contribution in [3.63, 3.8) is 0 Å². The molecule has 0 heterocycles. The van der Waals surface area contributed by atoms with Gasteiger partial charge in [-0.05, 0) is 74.4 Å². The SMILES string of the molecule is CC(C)=CC1=C(Sc2ccc(F)cc2)/C(=C/C(C)C)CCC1. The summed E-state index contributed by atoms with van der Waals surface area (Å²) in [5.41, 5.74) is 4.20. The van der Waals surface area contributed by atoms with Crippen LogP contribution in [0.4, 0.5) is 4.39 Å². The fraction of sp³-hybridized carbons (Fsp3) is 0.400. The van der Waals surface area contributed by atoms with Crippen molar-refractivity contribution in [1.29, 1.82) is 0 Å². The molecule has 0 N–H and O–H groups in total. The second-order valence-corrected chi connectivity index (χ2v) is 7.51. The third-order valence-corrected chi connectivity index (χ3v) is 4.74. The molecule has 0 amide bonds. The monoisotopic (exact) mass is 316 g/mol. The van der Waals surface area contributed by atoms with Gasteiger partial charge in [-0.25, -0.2) is 4.39 Å². The van der Waals surface area contributed by atoms with Crippen molar-refractivity contribution in [2.24, 2.45) is 5.92 Å². The average Bonchev–Trinajstić information content (AvgIpc) is 2.43. The van der Waals surface area contributed by atoms with Crippen LogP contribution in [-0.2, 0) is 0 Å². The van der Waals surface area contributed by atoms with Crippen molar-refractivity contribution >= 4 is 11.8 Å². The predicted molar refractivity (Wildman–Crippen MR) is 95.5 cm³/mol. The zero-order chi connectivity index (χ0) is 16.1. The summed E-state index contributed by atoms with van der Waals surface area (Å²) in [6, 6.07) is 6.82. The first-order valence-electron chi connectivity index (χ1n) is 7.98. The van der Waals surface area contributed by atoms with Gasteiger partial charge in [0.1, 0.15) is 5.82 Å². The molecule has 0 saturated heterocycles. The molecule has 2 rings (SSSR count). The molecule has 0 unspecified atom stereocenters. The van der Waals surface area contributed by atoms with E-state index < -0.39 is 0 Å². The van der Waals surface area contributed by atoms with Crippen molar-refractivity contribution in [2.45, 2.75) is 51.9 Å². The molecule has 0 bridgehead atoms. The fourth-order valence-corrected chi connectivity index (χ4v) is 3.80. The van der Waals surface area contributed by atoms with E-state index in [0.717, 1.165) is 17.7 Å². The Kier molecular flexibility index (Phi) is 6.07. The summed E-state index contributed by atoms with van der Waals surface area (Å²) >= 11 is 1.77. The van der Waals surface area contributed by atoms with Crippen LogP contribution in [0.1, 0.15) is 47.0 Å². The van der Waals surface area contributed by atoms with Gasteiger partial charge in [0, 0.05) is 9.80 Å². The molecule has 1 aromatic carbocycles. The second kappa shape index (κ2) is 7.82. The second-order valence-electron chi connectivity index (χ2n) is 6.42. The van der Waals surface area contributed by atoms with E-state index >= 15 is 0 Å². The predicted octanol–water partition coefficient (Wildman–Crippen LogP) is 6.90. The minimum absolute atomic E-state index is 0.176. The molecule has 0 radical (unpaired) electrons. The molecule has 0 atom stereocenters. The van der Waals surface area contributed by atoms with Gasteiger partial charge in [0.15, 0.2) is 0 Å². The van der Waals surface area contributed by atoms with Gasteiger partial charge in [0.2, 0.25) is 0 Å². The largest absolute Gasteiger partial charge is 0.207 e. The van der Waals surface area contributed by atoms with E-state index in [9.17, 15) is 4.39 Å². The average molecular weight is 316 g/mol. The number of thioether (sulfide) groups is 1. The van der Waals surface area contributed by atoms with E-state index in [0.29, 0.717) is 5.92 Å². The summed E-state index contributed by atoms with van der Waals surface area (Å²) in [5.74, 6) is 0.370. The molecule has 22 heavy (non-hydrogen) atoms. The number of hydrogen-bond acceptors (Lipinski definition) is 1. The molecule has 0 aliphatic heterocycles. The van der Waals surface area contributed by atoms with Gasteiger partial charge in [0.05, 0.1) is 0 Å². The first-order chi connectivity index (χ1) is 10.5. The third-order valence-electron chi connectivity index (χ3n) is 3.51. The van der Waals surface area contributed by atoms with Gasteiger partial charge in [0.25, 0.3) is 0 Å². The van der Waals surface area contributed by atoms with Crippen molar-refractivity contribution in [2.75, 3.05) is 0 Å². The van der Waals surface area contributed by atoms with Crippen LogP contribution < -0.4 is 0 Å². The Morgan fingerprint density at radius 2 is 1.82 bits per heavy atom. The van der Waals surface area contributed by atoms with Crippen molar-refractivity contribution in [3.05, 3.63) is 63.9 Å². The zero-order valence-electron chi connectivity index (χ0n) is 13.9. The highest BCUT2D eigenvalue weighted by atomic mass is 32.2. The van der Waals surface area contributed by atoms with E-state index in [1.165, 1.54) is 40.2 Å². The van der Waals surface area contributed by atoms with E-state index in [4.69, 9.17) is 0 Å². The van der Waals surface area contributed by atoms with E-state index in [-0.39, 0.29) is 5.82 Å². The van der Waals surface area contributed by atoms with Gasteiger partial charge in [-0.15, -0.1) is 0 Å². The van der Waals surface area contributed by atoms with E-state index in [1.54, 1.807) is 11.8 Å². The highest BCUT2D eigenvalue weighted by Crippen LogP contribution is 2.42. The van der Waals surface area contributed by atoms with E-state index in [2.05, 4.69) is 39.8 Å². The summed E-state index contributed by atoms with van der Waals surface area (Å²) in [5, 5.41) is 0. The number of rotatable bonds is 4. The quantitative estimate of drug-likeness (QED) is 0.582. The highest BCUT2D eigenvalue weighted by molar-refractivity contribution is 8.03. The maximum atomic E-state index is 13.1. The summed E-state index contributed by atoms with van der Waals surface area (Å²) in [7, 11) is 0.